The van der Waals surface area contributed by atoms with Crippen LogP contribution in [0.25, 0.3) is 0 Å². The van der Waals surface area contributed by atoms with Crippen molar-refractivity contribution in [3.63, 3.8) is 0 Å². The molecule has 1 aromatic rings. The highest BCUT2D eigenvalue weighted by Crippen LogP contribution is 2.21. The Kier molecular flexibility index (Phi) is 5.46. The molecule has 1 saturated heterocycles. The van der Waals surface area contributed by atoms with Crippen LogP contribution in [0.4, 0.5) is 4.39 Å². The van der Waals surface area contributed by atoms with Crippen LogP contribution in [0.15, 0.2) is 24.3 Å². The Morgan fingerprint density at radius 1 is 1.06 bits per heavy atom. The molecule has 1 heterocycles. The molecule has 99 valence electrons. The minimum atomic E-state index is -0.218. The van der Waals surface area contributed by atoms with Crippen LogP contribution in [0.3, 0.4) is 0 Å². The lowest BCUT2D eigenvalue weighted by Crippen LogP contribution is -2.26. The molecule has 0 atom stereocenters. The van der Waals surface area contributed by atoms with Crippen molar-refractivity contribution in [3.8, 4) is 5.75 Å². The summed E-state index contributed by atoms with van der Waals surface area (Å²) in [6.07, 6.45) is 5.96. The van der Waals surface area contributed by atoms with Gasteiger partial charge in [-0.3, -0.25) is 0 Å². The van der Waals surface area contributed by atoms with Crippen molar-refractivity contribution in [2.75, 3.05) is 19.7 Å². The summed E-state index contributed by atoms with van der Waals surface area (Å²) < 4.78 is 18.2. The molecule has 3 heteroatoms. The van der Waals surface area contributed by atoms with Gasteiger partial charge >= 0.3 is 0 Å². The molecule has 1 aromatic carbocycles. The maximum Gasteiger partial charge on any atom is 0.123 e. The van der Waals surface area contributed by atoms with E-state index in [2.05, 4.69) is 5.32 Å². The Bertz CT molecular complexity index is 333. The molecule has 2 nitrogen and oxygen atoms in total. The van der Waals surface area contributed by atoms with Gasteiger partial charge in [0.15, 0.2) is 0 Å². The third kappa shape index (κ3) is 4.65. The highest BCUT2D eigenvalue weighted by molar-refractivity contribution is 5.21. The largest absolute Gasteiger partial charge is 0.494 e. The summed E-state index contributed by atoms with van der Waals surface area (Å²) in [6, 6.07) is 6.22. The number of hydrogen-bond donors (Lipinski definition) is 1. The molecule has 1 fully saturated rings. The number of ether oxygens (including phenoxy) is 1. The third-order valence-electron chi connectivity index (χ3n) is 3.32. The van der Waals surface area contributed by atoms with Crippen LogP contribution in [0.1, 0.15) is 32.1 Å². The fourth-order valence-electron chi connectivity index (χ4n) is 2.23. The number of rotatable bonds is 6. The molecule has 0 aliphatic carbocycles. The van der Waals surface area contributed by atoms with E-state index < -0.39 is 0 Å². The Hall–Kier alpha value is -1.09. The Morgan fingerprint density at radius 3 is 2.50 bits per heavy atom. The second-order valence-electron chi connectivity index (χ2n) is 4.76. The number of unbranched alkanes of at least 4 members (excludes halogenated alkanes) is 1. The standard InChI is InChI=1S/C15H21FNO/c16-14-4-6-15(7-5-14)18-12-2-1-3-13-8-10-17-11-9-13/h4-7,17H,1-3,8-12H2. The molecule has 0 saturated carbocycles. The second kappa shape index (κ2) is 7.37. The zero-order chi connectivity index (χ0) is 12.6. The summed E-state index contributed by atoms with van der Waals surface area (Å²) in [6.45, 7) is 3.00. The molecular formula is C15H21FNO. The minimum Gasteiger partial charge on any atom is -0.494 e. The van der Waals surface area contributed by atoms with Crippen LogP contribution in [0.2, 0.25) is 0 Å². The van der Waals surface area contributed by atoms with E-state index in [4.69, 9.17) is 4.74 Å². The lowest BCUT2D eigenvalue weighted by Gasteiger charge is -2.21. The van der Waals surface area contributed by atoms with Gasteiger partial charge in [0.1, 0.15) is 11.6 Å². The van der Waals surface area contributed by atoms with Crippen LogP contribution in [-0.4, -0.2) is 19.7 Å². The molecule has 1 aliphatic heterocycles. The highest BCUT2D eigenvalue weighted by atomic mass is 19.1. The van der Waals surface area contributed by atoms with Gasteiger partial charge in [-0.1, -0.05) is 0 Å². The van der Waals surface area contributed by atoms with Gasteiger partial charge in [0, 0.05) is 0 Å². The number of hydrogen-bond acceptors (Lipinski definition) is 2. The fourth-order valence-corrected chi connectivity index (χ4v) is 2.23. The molecule has 0 bridgehead atoms. The van der Waals surface area contributed by atoms with Crippen LogP contribution in [-0.2, 0) is 0 Å². The van der Waals surface area contributed by atoms with Crippen molar-refractivity contribution in [3.05, 3.63) is 36.0 Å². The lowest BCUT2D eigenvalue weighted by atomic mass is 9.93. The normalized spacial score (nSPS) is 16.7. The predicted molar refractivity (Wildman–Crippen MR) is 71.1 cm³/mol. The lowest BCUT2D eigenvalue weighted by molar-refractivity contribution is 0.304. The molecule has 0 amide bonds. The summed E-state index contributed by atoms with van der Waals surface area (Å²) in [5, 5.41) is 3.37. The van der Waals surface area contributed by atoms with E-state index in [0.29, 0.717) is 0 Å². The van der Waals surface area contributed by atoms with Crippen LogP contribution < -0.4 is 10.1 Å². The molecule has 0 unspecified atom stereocenters. The number of benzene rings is 1. The van der Waals surface area contributed by atoms with Gasteiger partial charge in [-0.25, -0.2) is 4.39 Å². The first-order chi connectivity index (χ1) is 8.84. The Balaban J connectivity index is 1.54. The van der Waals surface area contributed by atoms with Gasteiger partial charge < -0.3 is 10.1 Å². The van der Waals surface area contributed by atoms with Gasteiger partial charge in [-0.15, -0.1) is 0 Å². The van der Waals surface area contributed by atoms with Gasteiger partial charge in [-0.05, 0) is 75.4 Å². The van der Waals surface area contributed by atoms with E-state index in [-0.39, 0.29) is 5.82 Å². The summed E-state index contributed by atoms with van der Waals surface area (Å²) in [5.41, 5.74) is 0. The quantitative estimate of drug-likeness (QED) is 0.782. The molecular weight excluding hydrogens is 229 g/mol. The minimum absolute atomic E-state index is 0.218. The molecule has 0 spiro atoms. The summed E-state index contributed by atoms with van der Waals surface area (Å²) in [4.78, 5) is 0. The first kappa shape index (κ1) is 13.3. The number of nitrogens with one attached hydrogen (secondary N) is 1. The van der Waals surface area contributed by atoms with Crippen LogP contribution in [0, 0.1) is 11.7 Å². The molecule has 0 aromatic heterocycles. The summed E-state index contributed by atoms with van der Waals surface area (Å²) >= 11 is 0. The molecule has 1 aliphatic rings. The molecule has 18 heavy (non-hydrogen) atoms. The van der Waals surface area contributed by atoms with Crippen molar-refractivity contribution < 1.29 is 9.13 Å². The maximum atomic E-state index is 12.7. The predicted octanol–water partition coefficient (Wildman–Crippen LogP) is 3.33. The first-order valence-corrected chi connectivity index (χ1v) is 6.77. The summed E-state index contributed by atoms with van der Waals surface area (Å²) in [7, 11) is 0. The topological polar surface area (TPSA) is 21.3 Å². The van der Waals surface area contributed by atoms with E-state index >= 15 is 0 Å². The van der Waals surface area contributed by atoms with Gasteiger partial charge in [0.2, 0.25) is 0 Å². The van der Waals surface area contributed by atoms with Crippen molar-refractivity contribution >= 4 is 0 Å². The number of piperidine rings is 1. The van der Waals surface area contributed by atoms with E-state index in [1.807, 2.05) is 0 Å². The van der Waals surface area contributed by atoms with Crippen LogP contribution in [0.5, 0.6) is 5.75 Å². The van der Waals surface area contributed by atoms with Crippen molar-refractivity contribution in [1.82, 2.24) is 5.32 Å². The van der Waals surface area contributed by atoms with E-state index in [1.54, 1.807) is 18.1 Å². The number of halogens is 1. The highest BCUT2D eigenvalue weighted by Gasteiger charge is 2.12. The first-order valence-electron chi connectivity index (χ1n) is 6.77. The van der Waals surface area contributed by atoms with Crippen LogP contribution >= 0.6 is 0 Å². The van der Waals surface area contributed by atoms with Crippen molar-refractivity contribution in [2.45, 2.75) is 32.1 Å². The second-order valence-corrected chi connectivity index (χ2v) is 4.76. The maximum absolute atomic E-state index is 12.7. The van der Waals surface area contributed by atoms with Crippen molar-refractivity contribution in [1.29, 1.82) is 0 Å². The van der Waals surface area contributed by atoms with Gasteiger partial charge in [0.05, 0.1) is 6.61 Å². The van der Waals surface area contributed by atoms with E-state index in [1.165, 1.54) is 37.8 Å². The van der Waals surface area contributed by atoms with E-state index in [0.717, 1.165) is 31.9 Å². The molecule has 1 radical (unpaired) electrons. The smallest absolute Gasteiger partial charge is 0.123 e. The molecule has 1 N–H and O–H groups in total. The average Bonchev–Trinajstić information content (AvgIpc) is 2.42. The molecule has 2 rings (SSSR count). The summed E-state index contributed by atoms with van der Waals surface area (Å²) in [5.74, 6) is 2.23. The Labute approximate surface area is 109 Å². The van der Waals surface area contributed by atoms with Crippen molar-refractivity contribution in [2.24, 2.45) is 0 Å². The zero-order valence-electron chi connectivity index (χ0n) is 10.8. The average molecular weight is 250 g/mol. The SMILES string of the molecule is Fc1ccc(OCCCC[C]2CCNCC2)cc1. The zero-order valence-corrected chi connectivity index (χ0v) is 10.8. The van der Waals surface area contributed by atoms with Gasteiger partial charge in [0.25, 0.3) is 0 Å². The monoisotopic (exact) mass is 250 g/mol. The third-order valence-corrected chi connectivity index (χ3v) is 3.32. The fraction of sp³-hybridized carbons (Fsp3) is 0.533. The van der Waals surface area contributed by atoms with Gasteiger partial charge in [-0.2, -0.15) is 0 Å². The van der Waals surface area contributed by atoms with E-state index in [9.17, 15) is 4.39 Å². The Morgan fingerprint density at radius 2 is 1.78 bits per heavy atom.